The minimum atomic E-state index is 0. The van der Waals surface area contributed by atoms with Crippen LogP contribution in [0.1, 0.15) is 50.8 Å². The van der Waals surface area contributed by atoms with E-state index < -0.39 is 0 Å². The first-order chi connectivity index (χ1) is 8.29. The summed E-state index contributed by atoms with van der Waals surface area (Å²) in [5, 5.41) is 0. The molecule has 19 heavy (non-hydrogen) atoms. The molecule has 3 heteroatoms. The van der Waals surface area contributed by atoms with Gasteiger partial charge in [-0.15, -0.1) is 12.4 Å². The molecule has 1 aromatic rings. The van der Waals surface area contributed by atoms with E-state index in [1.165, 1.54) is 16.7 Å². The maximum Gasteiger partial charge on any atom is 0.125 e. The molecule has 110 valence electrons. The van der Waals surface area contributed by atoms with Crippen LogP contribution in [0, 0.1) is 6.92 Å². The van der Waals surface area contributed by atoms with Gasteiger partial charge >= 0.3 is 0 Å². The van der Waals surface area contributed by atoms with Crippen molar-refractivity contribution in [2.45, 2.75) is 58.9 Å². The van der Waals surface area contributed by atoms with Gasteiger partial charge in [0.1, 0.15) is 5.75 Å². The summed E-state index contributed by atoms with van der Waals surface area (Å²) in [4.78, 5) is 0. The molecule has 2 nitrogen and oxygen atoms in total. The first-order valence-electron chi connectivity index (χ1n) is 6.73. The van der Waals surface area contributed by atoms with E-state index in [0.29, 0.717) is 0 Å². The Morgan fingerprint density at radius 2 is 1.84 bits per heavy atom. The van der Waals surface area contributed by atoms with Gasteiger partial charge in [0.2, 0.25) is 0 Å². The van der Waals surface area contributed by atoms with Crippen molar-refractivity contribution in [3.05, 3.63) is 28.8 Å². The normalized spacial score (nSPS) is 12.8. The van der Waals surface area contributed by atoms with Crippen molar-refractivity contribution in [3.63, 3.8) is 0 Å². The minimum Gasteiger partial charge on any atom is -0.496 e. The smallest absolute Gasteiger partial charge is 0.125 e. The Morgan fingerprint density at radius 1 is 1.26 bits per heavy atom. The molecule has 0 radical (unpaired) electrons. The molecule has 0 saturated carbocycles. The van der Waals surface area contributed by atoms with Gasteiger partial charge in [0.15, 0.2) is 0 Å². The third-order valence-corrected chi connectivity index (χ3v) is 3.43. The standard InChI is InChI=1S/C16H27NO.ClH/c1-7-14(17)10-12-9-13(16(3,4)5)8-11(2)15(12)18-6;/h8-9,14H,7,10,17H2,1-6H3;1H. The third-order valence-electron chi connectivity index (χ3n) is 3.43. The number of methoxy groups -OCH3 is 1. The van der Waals surface area contributed by atoms with Crippen LogP contribution in [0.3, 0.4) is 0 Å². The zero-order valence-corrected chi connectivity index (χ0v) is 13.9. The van der Waals surface area contributed by atoms with Crippen LogP contribution in [-0.2, 0) is 11.8 Å². The summed E-state index contributed by atoms with van der Waals surface area (Å²) in [6.45, 7) is 10.9. The summed E-state index contributed by atoms with van der Waals surface area (Å²) in [6.07, 6.45) is 1.87. The van der Waals surface area contributed by atoms with Crippen molar-refractivity contribution in [1.82, 2.24) is 0 Å². The fourth-order valence-corrected chi connectivity index (χ4v) is 2.15. The van der Waals surface area contributed by atoms with Crippen molar-refractivity contribution < 1.29 is 4.74 Å². The molecular weight excluding hydrogens is 258 g/mol. The van der Waals surface area contributed by atoms with Gasteiger partial charge in [0.05, 0.1) is 7.11 Å². The highest BCUT2D eigenvalue weighted by atomic mass is 35.5. The fourth-order valence-electron chi connectivity index (χ4n) is 2.15. The lowest BCUT2D eigenvalue weighted by molar-refractivity contribution is 0.403. The van der Waals surface area contributed by atoms with E-state index in [1.54, 1.807) is 7.11 Å². The van der Waals surface area contributed by atoms with Crippen molar-refractivity contribution >= 4 is 12.4 Å². The minimum absolute atomic E-state index is 0. The molecule has 0 saturated heterocycles. The van der Waals surface area contributed by atoms with Gasteiger partial charge in [-0.25, -0.2) is 0 Å². The van der Waals surface area contributed by atoms with Crippen molar-refractivity contribution in [3.8, 4) is 5.75 Å². The number of benzene rings is 1. The van der Waals surface area contributed by atoms with Crippen LogP contribution in [-0.4, -0.2) is 13.2 Å². The first-order valence-corrected chi connectivity index (χ1v) is 6.73. The highest BCUT2D eigenvalue weighted by Crippen LogP contribution is 2.32. The van der Waals surface area contributed by atoms with Gasteiger partial charge in [-0.2, -0.15) is 0 Å². The maximum atomic E-state index is 6.08. The van der Waals surface area contributed by atoms with E-state index in [4.69, 9.17) is 10.5 Å². The molecule has 0 aliphatic carbocycles. The Balaban J connectivity index is 0.00000324. The van der Waals surface area contributed by atoms with Crippen molar-refractivity contribution in [2.75, 3.05) is 7.11 Å². The highest BCUT2D eigenvalue weighted by molar-refractivity contribution is 5.85. The van der Waals surface area contributed by atoms with Gasteiger partial charge < -0.3 is 10.5 Å². The number of rotatable bonds is 4. The summed E-state index contributed by atoms with van der Waals surface area (Å²) in [7, 11) is 1.74. The van der Waals surface area contributed by atoms with Gasteiger partial charge in [0, 0.05) is 6.04 Å². The topological polar surface area (TPSA) is 35.2 Å². The summed E-state index contributed by atoms with van der Waals surface area (Å²) in [6, 6.07) is 4.68. The van der Waals surface area contributed by atoms with Gasteiger partial charge in [-0.05, 0) is 41.9 Å². The van der Waals surface area contributed by atoms with Crippen LogP contribution < -0.4 is 10.5 Å². The molecule has 1 atom stereocenters. The molecule has 0 heterocycles. The lowest BCUT2D eigenvalue weighted by Gasteiger charge is -2.23. The second-order valence-electron chi connectivity index (χ2n) is 6.11. The Morgan fingerprint density at radius 3 is 2.26 bits per heavy atom. The molecule has 0 amide bonds. The van der Waals surface area contributed by atoms with Crippen molar-refractivity contribution in [1.29, 1.82) is 0 Å². The van der Waals surface area contributed by atoms with E-state index in [-0.39, 0.29) is 23.9 Å². The average molecular weight is 286 g/mol. The van der Waals surface area contributed by atoms with Gasteiger partial charge in [0.25, 0.3) is 0 Å². The first kappa shape index (κ1) is 18.3. The fraction of sp³-hybridized carbons (Fsp3) is 0.625. The molecule has 0 bridgehead atoms. The molecule has 1 unspecified atom stereocenters. The molecule has 2 N–H and O–H groups in total. The molecule has 0 fully saturated rings. The number of halogens is 1. The number of aryl methyl sites for hydroxylation is 1. The number of hydrogen-bond donors (Lipinski definition) is 1. The molecule has 0 spiro atoms. The number of nitrogens with two attached hydrogens (primary N) is 1. The predicted octanol–water partition coefficient (Wildman–Crippen LogP) is 4.00. The number of ether oxygens (including phenoxy) is 1. The van der Waals surface area contributed by atoms with E-state index in [1.807, 2.05) is 0 Å². The van der Waals surface area contributed by atoms with Crippen LogP contribution in [0.4, 0.5) is 0 Å². The van der Waals surface area contributed by atoms with Gasteiger partial charge in [-0.1, -0.05) is 39.8 Å². The molecule has 0 aliphatic rings. The number of hydrogen-bond acceptors (Lipinski definition) is 2. The van der Waals surface area contributed by atoms with Crippen LogP contribution in [0.5, 0.6) is 5.75 Å². The Kier molecular flexibility index (Phi) is 6.88. The average Bonchev–Trinajstić information content (AvgIpc) is 2.27. The van der Waals surface area contributed by atoms with Gasteiger partial charge in [-0.3, -0.25) is 0 Å². The summed E-state index contributed by atoms with van der Waals surface area (Å²) < 4.78 is 5.53. The van der Waals surface area contributed by atoms with Crippen LogP contribution in [0.2, 0.25) is 0 Å². The van der Waals surface area contributed by atoms with Crippen LogP contribution >= 0.6 is 12.4 Å². The molecule has 1 rings (SSSR count). The van der Waals surface area contributed by atoms with Crippen LogP contribution in [0.25, 0.3) is 0 Å². The zero-order chi connectivity index (χ0) is 13.9. The Bertz CT molecular complexity index is 410. The highest BCUT2D eigenvalue weighted by Gasteiger charge is 2.18. The van der Waals surface area contributed by atoms with E-state index in [9.17, 15) is 0 Å². The summed E-state index contributed by atoms with van der Waals surface area (Å²) >= 11 is 0. The molecule has 0 aliphatic heterocycles. The van der Waals surface area contributed by atoms with Crippen molar-refractivity contribution in [2.24, 2.45) is 5.73 Å². The summed E-state index contributed by atoms with van der Waals surface area (Å²) in [5.41, 5.74) is 10.0. The Hall–Kier alpha value is -0.730. The van der Waals surface area contributed by atoms with Crippen LogP contribution in [0.15, 0.2) is 12.1 Å². The molecule has 1 aromatic carbocycles. The lowest BCUT2D eigenvalue weighted by atomic mass is 9.84. The maximum absolute atomic E-state index is 6.08. The predicted molar refractivity (Wildman–Crippen MR) is 85.6 cm³/mol. The molecule has 0 aromatic heterocycles. The quantitative estimate of drug-likeness (QED) is 0.907. The van der Waals surface area contributed by atoms with E-state index >= 15 is 0 Å². The second-order valence-corrected chi connectivity index (χ2v) is 6.11. The zero-order valence-electron chi connectivity index (χ0n) is 13.0. The Labute approximate surface area is 124 Å². The van der Waals surface area contributed by atoms with E-state index in [2.05, 4.69) is 46.8 Å². The monoisotopic (exact) mass is 285 g/mol. The second kappa shape index (κ2) is 7.16. The van der Waals surface area contributed by atoms with E-state index in [0.717, 1.165) is 18.6 Å². The molecular formula is C16H28ClNO. The third kappa shape index (κ3) is 4.70. The SMILES string of the molecule is CCC(N)Cc1cc(C(C)(C)C)cc(C)c1OC.Cl. The lowest BCUT2D eigenvalue weighted by Crippen LogP contribution is -2.22. The summed E-state index contributed by atoms with van der Waals surface area (Å²) in [5.74, 6) is 0.993. The largest absolute Gasteiger partial charge is 0.496 e.